The highest BCUT2D eigenvalue weighted by Gasteiger charge is 2.36. The van der Waals surface area contributed by atoms with Crippen molar-refractivity contribution in [2.75, 3.05) is 36.2 Å². The lowest BCUT2D eigenvalue weighted by atomic mass is 9.92. The van der Waals surface area contributed by atoms with Crippen molar-refractivity contribution in [1.29, 1.82) is 0 Å². The number of fused-ring (bicyclic) bond motifs is 1. The maximum absolute atomic E-state index is 5.83. The van der Waals surface area contributed by atoms with Gasteiger partial charge in [-0.1, -0.05) is 6.42 Å². The first-order valence-electron chi connectivity index (χ1n) is 7.10. The predicted octanol–water partition coefficient (Wildman–Crippen LogP) is 1.29. The van der Waals surface area contributed by atoms with Crippen molar-refractivity contribution < 1.29 is 0 Å². The van der Waals surface area contributed by atoms with E-state index in [1.165, 1.54) is 32.1 Å². The van der Waals surface area contributed by atoms with Crippen molar-refractivity contribution in [3.05, 3.63) is 0 Å². The molecule has 2 atom stereocenters. The lowest BCUT2D eigenvalue weighted by Crippen LogP contribution is -2.43. The molecule has 2 aliphatic rings. The van der Waals surface area contributed by atoms with Crippen LogP contribution in [0.4, 0.5) is 17.8 Å². The van der Waals surface area contributed by atoms with Crippen molar-refractivity contribution in [1.82, 2.24) is 15.0 Å². The molecule has 0 radical (unpaired) electrons. The fourth-order valence-corrected chi connectivity index (χ4v) is 3.40. The molecule has 1 saturated heterocycles. The van der Waals surface area contributed by atoms with Gasteiger partial charge >= 0.3 is 0 Å². The molecular formula is C13H22N6. The normalized spacial score (nSPS) is 26.3. The van der Waals surface area contributed by atoms with Crippen LogP contribution in [0.1, 0.15) is 32.1 Å². The van der Waals surface area contributed by atoms with Gasteiger partial charge in [-0.05, 0) is 31.6 Å². The van der Waals surface area contributed by atoms with Crippen LogP contribution >= 0.6 is 0 Å². The summed E-state index contributed by atoms with van der Waals surface area (Å²) < 4.78 is 0. The second kappa shape index (κ2) is 4.83. The van der Waals surface area contributed by atoms with E-state index in [2.05, 4.69) is 19.9 Å². The first-order chi connectivity index (χ1) is 9.15. The van der Waals surface area contributed by atoms with Crippen LogP contribution in [0.15, 0.2) is 0 Å². The third-order valence-corrected chi connectivity index (χ3v) is 4.28. The quantitative estimate of drug-likeness (QED) is 0.866. The van der Waals surface area contributed by atoms with Gasteiger partial charge < -0.3 is 15.5 Å². The second-order valence-electron chi connectivity index (χ2n) is 5.78. The summed E-state index contributed by atoms with van der Waals surface area (Å²) in [6, 6.07) is 0.602. The number of nitrogen functional groups attached to an aromatic ring is 1. The maximum Gasteiger partial charge on any atom is 0.232 e. The van der Waals surface area contributed by atoms with Crippen LogP contribution in [0.5, 0.6) is 0 Å². The molecule has 6 nitrogen and oxygen atoms in total. The topological polar surface area (TPSA) is 71.2 Å². The summed E-state index contributed by atoms with van der Waals surface area (Å²) in [5, 5.41) is 0. The average molecular weight is 262 g/mol. The fraction of sp³-hybridized carbons (Fsp3) is 0.769. The minimum absolute atomic E-state index is 0.314. The third kappa shape index (κ3) is 2.31. The number of aromatic nitrogens is 3. The van der Waals surface area contributed by atoms with Crippen LogP contribution in [0.2, 0.25) is 0 Å². The van der Waals surface area contributed by atoms with Crippen molar-refractivity contribution >= 4 is 17.8 Å². The molecular weight excluding hydrogens is 240 g/mol. The van der Waals surface area contributed by atoms with Crippen molar-refractivity contribution in [3.63, 3.8) is 0 Å². The zero-order valence-electron chi connectivity index (χ0n) is 11.7. The Hall–Kier alpha value is -1.59. The van der Waals surface area contributed by atoms with E-state index in [0.717, 1.165) is 18.4 Å². The van der Waals surface area contributed by atoms with E-state index >= 15 is 0 Å². The Morgan fingerprint density at radius 3 is 2.68 bits per heavy atom. The molecule has 0 aromatic carbocycles. The summed E-state index contributed by atoms with van der Waals surface area (Å²) in [5.41, 5.74) is 5.83. The molecule has 1 aromatic rings. The second-order valence-corrected chi connectivity index (χ2v) is 5.78. The van der Waals surface area contributed by atoms with Crippen molar-refractivity contribution in [2.45, 2.75) is 38.1 Å². The maximum atomic E-state index is 5.83. The Kier molecular flexibility index (Phi) is 3.16. The molecule has 2 N–H and O–H groups in total. The number of hydrogen-bond acceptors (Lipinski definition) is 6. The molecule has 2 fully saturated rings. The predicted molar refractivity (Wildman–Crippen MR) is 76.3 cm³/mol. The standard InChI is InChI=1S/C13H22N6/c1-18(2)12-15-11(14)16-13(17-12)19-8-4-6-9-5-3-7-10(9)19/h9-10H,3-8H2,1-2H3,(H2,14,15,16,17). The number of rotatable bonds is 2. The first kappa shape index (κ1) is 12.4. The zero-order valence-corrected chi connectivity index (χ0v) is 11.7. The summed E-state index contributed by atoms with van der Waals surface area (Å²) >= 11 is 0. The van der Waals surface area contributed by atoms with E-state index in [1.807, 2.05) is 19.0 Å². The molecule has 2 heterocycles. The van der Waals surface area contributed by atoms with Crippen LogP contribution in [-0.2, 0) is 0 Å². The molecule has 6 heteroatoms. The largest absolute Gasteiger partial charge is 0.368 e. The van der Waals surface area contributed by atoms with Gasteiger partial charge in [0.25, 0.3) is 0 Å². The average Bonchev–Trinajstić information content (AvgIpc) is 2.85. The van der Waals surface area contributed by atoms with Gasteiger partial charge in [-0.25, -0.2) is 0 Å². The number of nitrogens with two attached hydrogens (primary N) is 1. The number of hydrogen-bond donors (Lipinski definition) is 1. The number of piperidine rings is 1. The lowest BCUT2D eigenvalue weighted by molar-refractivity contribution is 0.358. The zero-order chi connectivity index (χ0) is 13.4. The van der Waals surface area contributed by atoms with E-state index in [0.29, 0.717) is 17.9 Å². The van der Waals surface area contributed by atoms with Crippen LogP contribution in [0.3, 0.4) is 0 Å². The summed E-state index contributed by atoms with van der Waals surface area (Å²) in [4.78, 5) is 17.3. The fourth-order valence-electron chi connectivity index (χ4n) is 3.40. The Labute approximate surface area is 114 Å². The smallest absolute Gasteiger partial charge is 0.232 e. The first-order valence-corrected chi connectivity index (χ1v) is 7.10. The van der Waals surface area contributed by atoms with E-state index in [9.17, 15) is 0 Å². The van der Waals surface area contributed by atoms with Gasteiger partial charge in [0.1, 0.15) is 0 Å². The SMILES string of the molecule is CN(C)c1nc(N)nc(N2CCCC3CCCC32)n1. The van der Waals surface area contributed by atoms with Gasteiger partial charge in [0.05, 0.1) is 0 Å². The highest BCUT2D eigenvalue weighted by Crippen LogP contribution is 2.38. The van der Waals surface area contributed by atoms with E-state index in [1.54, 1.807) is 0 Å². The van der Waals surface area contributed by atoms with Gasteiger partial charge in [-0.2, -0.15) is 15.0 Å². The van der Waals surface area contributed by atoms with Gasteiger partial charge in [0, 0.05) is 26.7 Å². The lowest BCUT2D eigenvalue weighted by Gasteiger charge is -2.37. The molecule has 19 heavy (non-hydrogen) atoms. The van der Waals surface area contributed by atoms with Gasteiger partial charge in [0.15, 0.2) is 0 Å². The number of anilines is 3. The minimum Gasteiger partial charge on any atom is -0.368 e. The Balaban J connectivity index is 1.92. The highest BCUT2D eigenvalue weighted by molar-refractivity contribution is 5.44. The molecule has 0 amide bonds. The van der Waals surface area contributed by atoms with Gasteiger partial charge in [-0.15, -0.1) is 0 Å². The molecule has 2 unspecified atom stereocenters. The Morgan fingerprint density at radius 2 is 1.89 bits per heavy atom. The van der Waals surface area contributed by atoms with Crippen LogP contribution in [0.25, 0.3) is 0 Å². The van der Waals surface area contributed by atoms with Gasteiger partial charge in [0.2, 0.25) is 17.8 Å². The van der Waals surface area contributed by atoms with Crippen LogP contribution < -0.4 is 15.5 Å². The molecule has 1 aromatic heterocycles. The van der Waals surface area contributed by atoms with E-state index in [4.69, 9.17) is 5.73 Å². The Morgan fingerprint density at radius 1 is 1.11 bits per heavy atom. The number of nitrogens with zero attached hydrogens (tertiary/aromatic N) is 5. The summed E-state index contributed by atoms with van der Waals surface area (Å²) in [7, 11) is 3.85. The third-order valence-electron chi connectivity index (χ3n) is 4.28. The van der Waals surface area contributed by atoms with Crippen LogP contribution in [-0.4, -0.2) is 41.6 Å². The van der Waals surface area contributed by atoms with Crippen LogP contribution in [0, 0.1) is 5.92 Å². The minimum atomic E-state index is 0.314. The molecule has 3 rings (SSSR count). The Bertz CT molecular complexity index is 460. The molecule has 1 saturated carbocycles. The molecule has 1 aliphatic carbocycles. The summed E-state index contributed by atoms with van der Waals surface area (Å²) in [5.74, 6) is 2.53. The van der Waals surface area contributed by atoms with E-state index < -0.39 is 0 Å². The molecule has 0 bridgehead atoms. The van der Waals surface area contributed by atoms with E-state index in [-0.39, 0.29) is 0 Å². The summed E-state index contributed by atoms with van der Waals surface area (Å²) in [6.07, 6.45) is 6.51. The summed E-state index contributed by atoms with van der Waals surface area (Å²) in [6.45, 7) is 1.04. The molecule has 0 spiro atoms. The monoisotopic (exact) mass is 262 g/mol. The molecule has 104 valence electrons. The molecule has 1 aliphatic heterocycles. The van der Waals surface area contributed by atoms with Gasteiger partial charge in [-0.3, -0.25) is 0 Å². The van der Waals surface area contributed by atoms with Crippen molar-refractivity contribution in [3.8, 4) is 0 Å². The van der Waals surface area contributed by atoms with Crippen molar-refractivity contribution in [2.24, 2.45) is 5.92 Å². The highest BCUT2D eigenvalue weighted by atomic mass is 15.4.